The van der Waals surface area contributed by atoms with Gasteiger partial charge in [0.2, 0.25) is 0 Å². The van der Waals surface area contributed by atoms with Crippen LogP contribution < -0.4 is 0 Å². The highest BCUT2D eigenvalue weighted by molar-refractivity contribution is 7.09. The van der Waals surface area contributed by atoms with Crippen LogP contribution in [0.15, 0.2) is 11.6 Å². The number of piperidine rings is 1. The predicted octanol–water partition coefficient (Wildman–Crippen LogP) is 2.94. The van der Waals surface area contributed by atoms with Crippen LogP contribution in [0, 0.1) is 11.3 Å². The summed E-state index contributed by atoms with van der Waals surface area (Å²) < 4.78 is 12.2. The number of fused-ring (bicyclic) bond motifs is 1. The van der Waals surface area contributed by atoms with Gasteiger partial charge in [-0.3, -0.25) is 4.90 Å². The van der Waals surface area contributed by atoms with E-state index in [1.54, 1.807) is 11.3 Å². The molecule has 0 radical (unpaired) electrons. The minimum Gasteiger partial charge on any atom is -0.380 e. The van der Waals surface area contributed by atoms with Gasteiger partial charge in [-0.1, -0.05) is 0 Å². The fraction of sp³-hybridized carbons (Fsp3) is 0.824. The first-order chi connectivity index (χ1) is 10.8. The predicted molar refractivity (Wildman–Crippen MR) is 87.0 cm³/mol. The Labute approximate surface area is 136 Å². The van der Waals surface area contributed by atoms with Crippen molar-refractivity contribution in [1.29, 1.82) is 0 Å². The fourth-order valence-electron chi connectivity index (χ4n) is 3.96. The fourth-order valence-corrected chi connectivity index (χ4v) is 4.62. The van der Waals surface area contributed by atoms with Gasteiger partial charge in [0.05, 0.1) is 19.3 Å². The Hall–Kier alpha value is -0.490. The summed E-state index contributed by atoms with van der Waals surface area (Å²) >= 11 is 1.76. The highest BCUT2D eigenvalue weighted by atomic mass is 32.1. The molecule has 2 aliphatic heterocycles. The van der Waals surface area contributed by atoms with Gasteiger partial charge in [0.15, 0.2) is 0 Å². The second kappa shape index (κ2) is 6.56. The number of aromatic nitrogens is 1. The molecule has 3 aliphatic rings. The van der Waals surface area contributed by atoms with Crippen LogP contribution >= 0.6 is 11.3 Å². The van der Waals surface area contributed by atoms with Gasteiger partial charge < -0.3 is 9.47 Å². The van der Waals surface area contributed by atoms with E-state index in [-0.39, 0.29) is 5.41 Å². The monoisotopic (exact) mass is 322 g/mol. The summed E-state index contributed by atoms with van der Waals surface area (Å²) in [5, 5.41) is 3.30. The Morgan fingerprint density at radius 1 is 1.41 bits per heavy atom. The van der Waals surface area contributed by atoms with E-state index in [0.29, 0.717) is 6.10 Å². The van der Waals surface area contributed by atoms with E-state index in [1.807, 2.05) is 6.20 Å². The van der Waals surface area contributed by atoms with E-state index in [4.69, 9.17) is 9.47 Å². The molecular formula is C17H26N2O2S. The van der Waals surface area contributed by atoms with Gasteiger partial charge in [-0.05, 0) is 38.0 Å². The summed E-state index contributed by atoms with van der Waals surface area (Å²) in [5.41, 5.74) is 0.211. The SMILES string of the molecule is c1csc(CN2CC[C@H]3OCCC[C@@]3(COCC3CC3)C2)n1. The third-order valence-corrected chi connectivity index (χ3v) is 6.11. The minimum absolute atomic E-state index is 0.211. The van der Waals surface area contributed by atoms with E-state index < -0.39 is 0 Å². The molecule has 0 bridgehead atoms. The van der Waals surface area contributed by atoms with Crippen LogP contribution in [0.4, 0.5) is 0 Å². The molecule has 122 valence electrons. The summed E-state index contributed by atoms with van der Waals surface area (Å²) in [6.07, 6.45) is 8.59. The number of ether oxygens (including phenoxy) is 2. The lowest BCUT2D eigenvalue weighted by molar-refractivity contribution is -0.154. The third-order valence-electron chi connectivity index (χ3n) is 5.35. The van der Waals surface area contributed by atoms with E-state index in [2.05, 4.69) is 15.3 Å². The van der Waals surface area contributed by atoms with Crippen LogP contribution in [0.5, 0.6) is 0 Å². The van der Waals surface area contributed by atoms with Gasteiger partial charge in [-0.25, -0.2) is 4.98 Å². The maximum Gasteiger partial charge on any atom is 0.107 e. The molecule has 1 aromatic rings. The van der Waals surface area contributed by atoms with Crippen molar-refractivity contribution in [3.63, 3.8) is 0 Å². The second-order valence-electron chi connectivity index (χ2n) is 7.21. The van der Waals surface area contributed by atoms with Gasteiger partial charge >= 0.3 is 0 Å². The molecular weight excluding hydrogens is 296 g/mol. The summed E-state index contributed by atoms with van der Waals surface area (Å²) in [7, 11) is 0. The quantitative estimate of drug-likeness (QED) is 0.806. The van der Waals surface area contributed by atoms with Crippen molar-refractivity contribution in [2.45, 2.75) is 44.8 Å². The molecule has 0 spiro atoms. The molecule has 5 heteroatoms. The van der Waals surface area contributed by atoms with Gasteiger partial charge in [0, 0.05) is 43.3 Å². The van der Waals surface area contributed by atoms with Crippen molar-refractivity contribution < 1.29 is 9.47 Å². The van der Waals surface area contributed by atoms with Crippen LogP contribution in [0.2, 0.25) is 0 Å². The molecule has 0 aromatic carbocycles. The molecule has 3 fully saturated rings. The minimum atomic E-state index is 0.211. The lowest BCUT2D eigenvalue weighted by Gasteiger charge is -2.50. The third kappa shape index (κ3) is 3.37. The van der Waals surface area contributed by atoms with E-state index >= 15 is 0 Å². The topological polar surface area (TPSA) is 34.6 Å². The van der Waals surface area contributed by atoms with E-state index in [0.717, 1.165) is 51.8 Å². The van der Waals surface area contributed by atoms with Crippen LogP contribution in [-0.2, 0) is 16.0 Å². The van der Waals surface area contributed by atoms with Crippen molar-refractivity contribution in [2.75, 3.05) is 32.9 Å². The highest BCUT2D eigenvalue weighted by Crippen LogP contribution is 2.41. The Morgan fingerprint density at radius 3 is 3.18 bits per heavy atom. The van der Waals surface area contributed by atoms with Crippen LogP contribution in [0.25, 0.3) is 0 Å². The van der Waals surface area contributed by atoms with E-state index in [1.165, 1.54) is 30.7 Å². The number of likely N-dealkylation sites (tertiary alicyclic amines) is 1. The first kappa shape index (κ1) is 15.1. The Morgan fingerprint density at radius 2 is 2.36 bits per heavy atom. The molecule has 0 unspecified atom stereocenters. The molecule has 3 heterocycles. The average molecular weight is 322 g/mol. The molecule has 2 saturated heterocycles. The molecule has 1 aromatic heterocycles. The normalized spacial score (nSPS) is 32.8. The van der Waals surface area contributed by atoms with Gasteiger partial charge in [-0.2, -0.15) is 0 Å². The molecule has 0 N–H and O–H groups in total. The number of rotatable bonds is 6. The van der Waals surface area contributed by atoms with Crippen molar-refractivity contribution in [3.8, 4) is 0 Å². The summed E-state index contributed by atoms with van der Waals surface area (Å²) in [5.74, 6) is 0.842. The summed E-state index contributed by atoms with van der Waals surface area (Å²) in [6, 6.07) is 0. The van der Waals surface area contributed by atoms with Crippen molar-refractivity contribution in [1.82, 2.24) is 9.88 Å². The Balaban J connectivity index is 1.40. The van der Waals surface area contributed by atoms with Crippen molar-refractivity contribution in [2.24, 2.45) is 11.3 Å². The molecule has 1 saturated carbocycles. The first-order valence-corrected chi connectivity index (χ1v) is 9.52. The summed E-state index contributed by atoms with van der Waals surface area (Å²) in [6.45, 7) is 5.97. The number of hydrogen-bond donors (Lipinski definition) is 0. The maximum absolute atomic E-state index is 6.12. The number of hydrogen-bond acceptors (Lipinski definition) is 5. The molecule has 4 rings (SSSR count). The molecule has 1 aliphatic carbocycles. The standard InChI is InChI=1S/C17H26N2O2S/c1-5-17(13-20-11-14-2-3-14)12-19(7-4-15(17)21-8-1)10-16-18-6-9-22-16/h6,9,14-15H,1-5,7-8,10-13H2/t15-,17+/m1/s1. The first-order valence-electron chi connectivity index (χ1n) is 8.64. The van der Waals surface area contributed by atoms with Crippen LogP contribution in [0.3, 0.4) is 0 Å². The largest absolute Gasteiger partial charge is 0.380 e. The van der Waals surface area contributed by atoms with Crippen LogP contribution in [-0.4, -0.2) is 48.9 Å². The summed E-state index contributed by atoms with van der Waals surface area (Å²) in [4.78, 5) is 7.01. The number of thiazole rings is 1. The van der Waals surface area contributed by atoms with E-state index in [9.17, 15) is 0 Å². The van der Waals surface area contributed by atoms with Gasteiger partial charge in [-0.15, -0.1) is 11.3 Å². The van der Waals surface area contributed by atoms with Gasteiger partial charge in [0.1, 0.15) is 5.01 Å². The maximum atomic E-state index is 6.12. The smallest absolute Gasteiger partial charge is 0.107 e. The lowest BCUT2D eigenvalue weighted by Crippen LogP contribution is -2.56. The Kier molecular flexibility index (Phi) is 4.49. The molecule has 22 heavy (non-hydrogen) atoms. The molecule has 2 atom stereocenters. The van der Waals surface area contributed by atoms with Crippen molar-refractivity contribution in [3.05, 3.63) is 16.6 Å². The van der Waals surface area contributed by atoms with Gasteiger partial charge in [0.25, 0.3) is 0 Å². The average Bonchev–Trinajstić information content (AvgIpc) is 3.22. The van der Waals surface area contributed by atoms with Crippen molar-refractivity contribution >= 4 is 11.3 Å². The highest BCUT2D eigenvalue weighted by Gasteiger charge is 2.46. The second-order valence-corrected chi connectivity index (χ2v) is 8.19. The lowest BCUT2D eigenvalue weighted by atomic mass is 9.73. The zero-order valence-corrected chi connectivity index (χ0v) is 14.0. The number of nitrogens with zero attached hydrogens (tertiary/aromatic N) is 2. The molecule has 0 amide bonds. The zero-order chi connectivity index (χ0) is 14.8. The zero-order valence-electron chi connectivity index (χ0n) is 13.2. The van der Waals surface area contributed by atoms with Crippen LogP contribution in [0.1, 0.15) is 37.1 Å². The Bertz CT molecular complexity index is 477. The molecule has 4 nitrogen and oxygen atoms in total.